The first-order chi connectivity index (χ1) is 24.2. The maximum atomic E-state index is 14.6. The van der Waals surface area contributed by atoms with Gasteiger partial charge in [0.2, 0.25) is 0 Å². The molecule has 5 fully saturated rings. The van der Waals surface area contributed by atoms with Gasteiger partial charge in [-0.25, -0.2) is 8.42 Å². The molecule has 0 amide bonds. The average Bonchev–Trinajstić information content (AvgIpc) is 3.75. The van der Waals surface area contributed by atoms with Gasteiger partial charge in [0.1, 0.15) is 4.21 Å². The molecule has 1 aromatic carbocycles. The lowest BCUT2D eigenvalue weighted by Crippen LogP contribution is -2.58. The molecule has 1 heterocycles. The van der Waals surface area contributed by atoms with Crippen molar-refractivity contribution >= 4 is 27.1 Å². The Morgan fingerprint density at radius 3 is 2.49 bits per heavy atom. The van der Waals surface area contributed by atoms with Gasteiger partial charge in [-0.2, -0.15) is 4.31 Å². The molecule has 0 radical (unpaired) electrons. The molecule has 2 N–H and O–H groups in total. The number of aliphatic hydroxyl groups excluding tert-OH is 1. The van der Waals surface area contributed by atoms with Crippen LogP contribution in [0.2, 0.25) is 0 Å². The molecular formula is C43H61NO5S2. The number of carbonyl (C=O) groups excluding carboxylic acids is 1. The zero-order chi connectivity index (χ0) is 36.2. The molecule has 7 aliphatic carbocycles. The van der Waals surface area contributed by atoms with Crippen LogP contribution in [0.4, 0.5) is 0 Å². The van der Waals surface area contributed by atoms with Gasteiger partial charge in [-0.15, -0.1) is 11.3 Å². The third-order valence-corrected chi connectivity index (χ3v) is 18.1. The smallest absolute Gasteiger partial charge is 0.252 e. The third kappa shape index (κ3) is 6.99. The van der Waals surface area contributed by atoms with Crippen molar-refractivity contribution in [3.63, 3.8) is 0 Å². The summed E-state index contributed by atoms with van der Waals surface area (Å²) in [5, 5.41) is 26.0. The van der Waals surface area contributed by atoms with Gasteiger partial charge in [-0.05, 0) is 142 Å². The number of benzene rings is 1. The molecule has 280 valence electrons. The van der Waals surface area contributed by atoms with Crippen LogP contribution in [0.15, 0.2) is 51.6 Å². The fraction of sp³-hybridized carbons (Fsp3) is 0.698. The van der Waals surface area contributed by atoms with E-state index in [1.165, 1.54) is 29.8 Å². The molecule has 7 aliphatic rings. The van der Waals surface area contributed by atoms with Crippen LogP contribution >= 0.6 is 11.3 Å². The summed E-state index contributed by atoms with van der Waals surface area (Å²) in [4.78, 5) is 14.5. The summed E-state index contributed by atoms with van der Waals surface area (Å²) in [7, 11) is -3.84. The lowest BCUT2D eigenvalue weighted by atomic mass is 9.45. The number of ketones is 1. The van der Waals surface area contributed by atoms with E-state index in [0.29, 0.717) is 48.8 Å². The second kappa shape index (κ2) is 14.4. The van der Waals surface area contributed by atoms with Gasteiger partial charge in [0, 0.05) is 30.0 Å². The number of sulfonamides is 1. The summed E-state index contributed by atoms with van der Waals surface area (Å²) in [6.45, 7) is 9.52. The lowest BCUT2D eigenvalue weighted by molar-refractivity contribution is -0.114. The van der Waals surface area contributed by atoms with Crippen LogP contribution in [0.3, 0.4) is 0 Å². The first-order valence-electron chi connectivity index (χ1n) is 20.0. The van der Waals surface area contributed by atoms with E-state index >= 15 is 0 Å². The summed E-state index contributed by atoms with van der Waals surface area (Å²) in [6, 6.07) is 9.78. The summed E-state index contributed by atoms with van der Waals surface area (Å²) in [5.74, 6) is 1.60. The van der Waals surface area contributed by atoms with Gasteiger partial charge >= 0.3 is 0 Å². The van der Waals surface area contributed by atoms with Gasteiger partial charge in [0.25, 0.3) is 10.0 Å². The van der Waals surface area contributed by atoms with Crippen molar-refractivity contribution in [3.05, 3.63) is 64.1 Å². The number of Topliss-reactive ketones (excluding diaryl/α,β-unsaturated/α-hetero) is 1. The van der Waals surface area contributed by atoms with Crippen LogP contribution in [-0.2, 0) is 16.4 Å². The Kier molecular flexibility index (Phi) is 10.6. The van der Waals surface area contributed by atoms with Crippen molar-refractivity contribution in [1.82, 2.24) is 4.31 Å². The Balaban J connectivity index is 1.28. The first kappa shape index (κ1) is 37.5. The van der Waals surface area contributed by atoms with Crippen LogP contribution in [0.1, 0.15) is 145 Å². The van der Waals surface area contributed by atoms with E-state index < -0.39 is 27.1 Å². The zero-order valence-corrected chi connectivity index (χ0v) is 33.0. The van der Waals surface area contributed by atoms with Crippen LogP contribution in [0.5, 0.6) is 0 Å². The number of rotatable bonds is 8. The Morgan fingerprint density at radius 2 is 1.78 bits per heavy atom. The highest BCUT2D eigenvalue weighted by Gasteiger charge is 2.59. The minimum Gasteiger partial charge on any atom is -0.393 e. The largest absolute Gasteiger partial charge is 0.393 e. The van der Waals surface area contributed by atoms with Gasteiger partial charge in [-0.3, -0.25) is 4.79 Å². The van der Waals surface area contributed by atoms with Gasteiger partial charge < -0.3 is 10.2 Å². The lowest BCUT2D eigenvalue weighted by Gasteiger charge is -2.60. The number of hydrogen-bond acceptors (Lipinski definition) is 6. The van der Waals surface area contributed by atoms with Crippen molar-refractivity contribution in [1.29, 1.82) is 0 Å². The molecule has 51 heavy (non-hydrogen) atoms. The monoisotopic (exact) mass is 735 g/mol. The Hall–Kier alpha value is -1.84. The molecule has 0 spiro atoms. The Morgan fingerprint density at radius 1 is 1.00 bits per heavy atom. The van der Waals surface area contributed by atoms with Crippen LogP contribution in [-0.4, -0.2) is 53.5 Å². The topological polar surface area (TPSA) is 94.9 Å². The van der Waals surface area contributed by atoms with E-state index in [4.69, 9.17) is 0 Å². The predicted octanol–water partition coefficient (Wildman–Crippen LogP) is 9.31. The van der Waals surface area contributed by atoms with Crippen LogP contribution in [0.25, 0.3) is 0 Å². The van der Waals surface area contributed by atoms with Crippen molar-refractivity contribution in [2.45, 2.75) is 146 Å². The molecule has 4 bridgehead atoms. The van der Waals surface area contributed by atoms with Crippen molar-refractivity contribution < 1.29 is 23.4 Å². The van der Waals surface area contributed by atoms with E-state index in [1.807, 2.05) is 5.38 Å². The summed E-state index contributed by atoms with van der Waals surface area (Å²) >= 11 is 1.26. The minimum atomic E-state index is -3.84. The number of fused-ring (bicyclic) bond motifs is 10. The zero-order valence-electron chi connectivity index (χ0n) is 31.4. The molecule has 8 heteroatoms. The molecule has 2 aromatic rings. The summed E-state index contributed by atoms with van der Waals surface area (Å²) in [6.07, 6.45) is 14.8. The molecule has 5 saturated carbocycles. The molecule has 0 saturated heterocycles. The van der Waals surface area contributed by atoms with E-state index in [0.717, 1.165) is 74.0 Å². The molecule has 7 atom stereocenters. The maximum Gasteiger partial charge on any atom is 0.252 e. The SMILES string of the molecule is CC1=CCCC2(C)C(CCC2(O)CN(CC2CCC3CC2C3(C)C)S(=O)(=O)c2cccs2)c2ccc(cc2C(=O)C2CCCCC2)CC(O)CC1. The average molecular weight is 736 g/mol. The van der Waals surface area contributed by atoms with Crippen LogP contribution < -0.4 is 0 Å². The second-order valence-electron chi connectivity index (χ2n) is 18.1. The van der Waals surface area contributed by atoms with E-state index in [1.54, 1.807) is 16.4 Å². The number of nitrogens with zero attached hydrogens (tertiary/aromatic N) is 1. The Bertz CT molecular complexity index is 1710. The molecule has 7 unspecified atom stereocenters. The quantitative estimate of drug-likeness (QED) is 0.208. The van der Waals surface area contributed by atoms with Gasteiger partial charge in [-0.1, -0.05) is 69.9 Å². The normalized spacial score (nSPS) is 34.4. The highest BCUT2D eigenvalue weighted by molar-refractivity contribution is 7.91. The molecule has 9 rings (SSSR count). The predicted molar refractivity (Wildman–Crippen MR) is 205 cm³/mol. The fourth-order valence-electron chi connectivity index (χ4n) is 11.3. The molecule has 6 nitrogen and oxygen atoms in total. The summed E-state index contributed by atoms with van der Waals surface area (Å²) in [5.41, 5.74) is 2.25. The number of aliphatic hydroxyl groups is 2. The van der Waals surface area contributed by atoms with Crippen molar-refractivity contribution in [2.24, 2.45) is 34.5 Å². The number of hydrogen-bond donors (Lipinski definition) is 2. The molecular weight excluding hydrogens is 675 g/mol. The van der Waals surface area contributed by atoms with E-state index in [2.05, 4.69) is 52.0 Å². The number of allylic oxidation sites excluding steroid dienone is 2. The van der Waals surface area contributed by atoms with Gasteiger partial charge in [0.15, 0.2) is 5.78 Å². The maximum absolute atomic E-state index is 14.6. The number of carbonyl (C=O) groups is 1. The molecule has 1 aromatic heterocycles. The van der Waals surface area contributed by atoms with Crippen molar-refractivity contribution in [3.8, 4) is 0 Å². The molecule has 0 aliphatic heterocycles. The van der Waals surface area contributed by atoms with Crippen LogP contribution in [0, 0.1) is 34.5 Å². The second-order valence-corrected chi connectivity index (χ2v) is 21.2. The summed E-state index contributed by atoms with van der Waals surface area (Å²) < 4.78 is 31.1. The third-order valence-electron chi connectivity index (χ3n) is 14.9. The number of thiophene rings is 1. The fourth-order valence-corrected chi connectivity index (χ4v) is 14.0. The van der Waals surface area contributed by atoms with Gasteiger partial charge in [0.05, 0.1) is 11.7 Å². The Labute approximate surface area is 311 Å². The van der Waals surface area contributed by atoms with E-state index in [9.17, 15) is 23.4 Å². The van der Waals surface area contributed by atoms with Crippen molar-refractivity contribution in [2.75, 3.05) is 13.1 Å². The minimum absolute atomic E-state index is 0.00552. The standard InChI is InChI=1S/C43H61NO5S2/c1-29-10-8-21-42(4)37(35-19-15-30(24-34(45)18-14-29)25-36(35)40(46)31-11-6-5-7-12-31)20-22-43(42,47)28-44(51(48,49)39-13-9-23-50-39)27-32-16-17-33-26-38(32)41(33,2)3/h9-10,13,15,19,23,25,31-34,37-38,45,47H,5-8,11-12,14,16-18,20-22,24,26-28H2,1-4H3. The first-order valence-corrected chi connectivity index (χ1v) is 22.3. The van der Waals surface area contributed by atoms with E-state index in [-0.39, 0.29) is 35.5 Å². The highest BCUT2D eigenvalue weighted by Crippen LogP contribution is 2.62. The highest BCUT2D eigenvalue weighted by atomic mass is 32.2.